The first-order valence-corrected chi connectivity index (χ1v) is 15.3. The van der Waals surface area contributed by atoms with Gasteiger partial charge in [-0.25, -0.2) is 9.78 Å². The number of oxazole rings is 1. The molecule has 44 heavy (non-hydrogen) atoms. The van der Waals surface area contributed by atoms with E-state index in [0.29, 0.717) is 24.2 Å². The molecule has 0 bridgehead atoms. The highest BCUT2D eigenvalue weighted by Gasteiger charge is 2.23. The summed E-state index contributed by atoms with van der Waals surface area (Å²) < 4.78 is 26.8. The van der Waals surface area contributed by atoms with Crippen molar-refractivity contribution in [3.63, 3.8) is 0 Å². The van der Waals surface area contributed by atoms with Crippen molar-refractivity contribution in [2.75, 3.05) is 26.9 Å². The predicted molar refractivity (Wildman–Crippen MR) is 166 cm³/mol. The number of esters is 2. The maximum absolute atomic E-state index is 12.2. The normalized spacial score (nSPS) is 12.5. The Hall–Kier alpha value is -2.73. The van der Waals surface area contributed by atoms with E-state index in [1.807, 2.05) is 6.92 Å². The van der Waals surface area contributed by atoms with Crippen LogP contribution in [0.4, 0.5) is 0 Å². The fourth-order valence-electron chi connectivity index (χ4n) is 4.09. The van der Waals surface area contributed by atoms with Crippen molar-refractivity contribution < 1.29 is 43.2 Å². The van der Waals surface area contributed by atoms with Crippen molar-refractivity contribution in [3.05, 3.63) is 61.4 Å². The average molecular weight is 693 g/mol. The van der Waals surface area contributed by atoms with E-state index in [1.165, 1.54) is 19.2 Å². The van der Waals surface area contributed by atoms with Crippen LogP contribution in [0.1, 0.15) is 54.9 Å². The van der Waals surface area contributed by atoms with Gasteiger partial charge in [-0.15, -0.1) is 0 Å². The summed E-state index contributed by atoms with van der Waals surface area (Å²) in [6.45, 7) is 3.74. The number of aromatic nitrogens is 1. The van der Waals surface area contributed by atoms with E-state index < -0.39 is 18.2 Å². The maximum Gasteiger partial charge on any atom is 0.360 e. The van der Waals surface area contributed by atoms with Gasteiger partial charge in [0.05, 0.1) is 59.2 Å². The van der Waals surface area contributed by atoms with Crippen LogP contribution in [-0.4, -0.2) is 66.3 Å². The zero-order valence-corrected chi connectivity index (χ0v) is 27.4. The summed E-state index contributed by atoms with van der Waals surface area (Å²) >= 11 is 25.4. The van der Waals surface area contributed by atoms with E-state index >= 15 is 0 Å². The molecule has 0 saturated carbocycles. The maximum atomic E-state index is 12.2. The lowest BCUT2D eigenvalue weighted by Crippen LogP contribution is -2.29. The number of carbonyl (C=O) groups excluding carboxylic acids is 2. The highest BCUT2D eigenvalue weighted by Crippen LogP contribution is 2.38. The number of hydrogen-bond acceptors (Lipinski definition) is 10. The molecule has 0 unspecified atom stereocenters. The number of rotatable bonds is 16. The minimum absolute atomic E-state index is 0.00540. The predicted octanol–water partition coefficient (Wildman–Crippen LogP) is 6.76. The molecule has 0 spiro atoms. The number of hydrogen-bond donors (Lipinski definition) is 2. The molecule has 3 aromatic rings. The zero-order valence-electron chi connectivity index (χ0n) is 24.3. The van der Waals surface area contributed by atoms with Crippen LogP contribution in [0.25, 0.3) is 11.5 Å². The van der Waals surface area contributed by atoms with E-state index in [2.05, 4.69) is 9.72 Å². The molecule has 0 saturated heterocycles. The quantitative estimate of drug-likeness (QED) is 0.155. The molecule has 0 radical (unpaired) electrons. The number of aryl methyl sites for hydroxylation is 2. The Balaban J connectivity index is 1.52. The fraction of sp³-hybridized carbons (Fsp3) is 0.433. The molecule has 0 fully saturated rings. The zero-order chi connectivity index (χ0) is 32.4. The van der Waals surface area contributed by atoms with E-state index in [1.54, 1.807) is 19.1 Å². The van der Waals surface area contributed by atoms with Crippen molar-refractivity contribution >= 4 is 58.3 Å². The van der Waals surface area contributed by atoms with Gasteiger partial charge >= 0.3 is 11.9 Å². The van der Waals surface area contributed by atoms with Crippen molar-refractivity contribution in [3.8, 4) is 23.0 Å². The van der Waals surface area contributed by atoms with Crippen LogP contribution < -0.4 is 9.47 Å². The highest BCUT2D eigenvalue weighted by atomic mass is 35.5. The Labute approximate surface area is 275 Å². The van der Waals surface area contributed by atoms with Gasteiger partial charge < -0.3 is 33.6 Å². The standard InChI is InChI=1S/C30H33Cl4NO9/c1-4-24-26(30(39)41-5-2)35-29(44-24)17-14-20(33)28(21(34)15-17)43-11-9-23(37)22(36)8-10-42-27-18(31)12-16(13-19(27)32)6-7-25(38)40-3/h12-15,22-23,36-37H,4-11H2,1-3H3/t22-,23-/m1/s1. The smallest absolute Gasteiger partial charge is 0.360 e. The van der Waals surface area contributed by atoms with E-state index in [-0.39, 0.29) is 88.2 Å². The van der Waals surface area contributed by atoms with Gasteiger partial charge in [0.2, 0.25) is 5.89 Å². The van der Waals surface area contributed by atoms with Gasteiger partial charge in [0, 0.05) is 31.2 Å². The molecule has 0 amide bonds. The number of halogens is 4. The fourth-order valence-corrected chi connectivity index (χ4v) is 5.32. The van der Waals surface area contributed by atoms with Crippen molar-refractivity contribution in [1.29, 1.82) is 0 Å². The number of benzene rings is 2. The third kappa shape index (κ3) is 9.63. The lowest BCUT2D eigenvalue weighted by atomic mass is 10.1. The van der Waals surface area contributed by atoms with Crippen molar-refractivity contribution in [1.82, 2.24) is 4.98 Å². The molecule has 1 aromatic heterocycles. The van der Waals surface area contributed by atoms with Crippen LogP contribution in [0, 0.1) is 0 Å². The molecule has 3 rings (SSSR count). The summed E-state index contributed by atoms with van der Waals surface area (Å²) in [5.74, 6) is 0.00696. The molecule has 240 valence electrons. The second-order valence-corrected chi connectivity index (χ2v) is 11.1. The first-order chi connectivity index (χ1) is 21.0. The molecule has 0 aliphatic heterocycles. The molecular weight excluding hydrogens is 660 g/mol. The summed E-state index contributed by atoms with van der Waals surface area (Å²) in [5.41, 5.74) is 1.27. The van der Waals surface area contributed by atoms with Gasteiger partial charge in [0.1, 0.15) is 5.76 Å². The summed E-state index contributed by atoms with van der Waals surface area (Å²) in [6.07, 6.45) is -1.11. The number of ether oxygens (including phenoxy) is 4. The third-order valence-corrected chi connectivity index (χ3v) is 7.52. The van der Waals surface area contributed by atoms with Gasteiger partial charge in [0.15, 0.2) is 17.2 Å². The summed E-state index contributed by atoms with van der Waals surface area (Å²) in [7, 11) is 1.32. The van der Waals surface area contributed by atoms with E-state index in [9.17, 15) is 19.8 Å². The average Bonchev–Trinajstić information content (AvgIpc) is 3.43. The van der Waals surface area contributed by atoms with Crippen molar-refractivity contribution in [2.45, 2.75) is 58.2 Å². The molecule has 2 atom stereocenters. The third-order valence-electron chi connectivity index (χ3n) is 6.40. The first kappa shape index (κ1) is 35.7. The first-order valence-electron chi connectivity index (χ1n) is 13.8. The van der Waals surface area contributed by atoms with Crippen LogP contribution in [0.3, 0.4) is 0 Å². The van der Waals surface area contributed by atoms with Crippen molar-refractivity contribution in [2.24, 2.45) is 0 Å². The lowest BCUT2D eigenvalue weighted by Gasteiger charge is -2.19. The minimum atomic E-state index is -1.14. The number of nitrogens with zero attached hydrogens (tertiary/aromatic N) is 1. The summed E-state index contributed by atoms with van der Waals surface area (Å²) in [5, 5.41) is 21.7. The number of aliphatic hydroxyl groups is 2. The second-order valence-electron chi connectivity index (χ2n) is 9.51. The van der Waals surface area contributed by atoms with Gasteiger partial charge in [-0.2, -0.15) is 0 Å². The molecule has 14 heteroatoms. The Morgan fingerprint density at radius 1 is 0.886 bits per heavy atom. The molecule has 0 aliphatic carbocycles. The lowest BCUT2D eigenvalue weighted by molar-refractivity contribution is -0.140. The number of methoxy groups -OCH3 is 1. The van der Waals surface area contributed by atoms with E-state index in [0.717, 1.165) is 5.56 Å². The molecular formula is C30H33Cl4NO9. The van der Waals surface area contributed by atoms with Gasteiger partial charge in [0.25, 0.3) is 0 Å². The molecule has 2 aromatic carbocycles. The minimum Gasteiger partial charge on any atom is -0.490 e. The highest BCUT2D eigenvalue weighted by molar-refractivity contribution is 6.38. The molecule has 10 nitrogen and oxygen atoms in total. The number of carbonyl (C=O) groups is 2. The van der Waals surface area contributed by atoms with Gasteiger partial charge in [-0.05, 0) is 43.2 Å². The van der Waals surface area contributed by atoms with Crippen LogP contribution in [-0.2, 0) is 27.1 Å². The van der Waals surface area contributed by atoms with Crippen LogP contribution >= 0.6 is 46.4 Å². The monoisotopic (exact) mass is 691 g/mol. The summed E-state index contributed by atoms with van der Waals surface area (Å²) in [4.78, 5) is 27.8. The number of aliphatic hydroxyl groups excluding tert-OH is 2. The van der Waals surface area contributed by atoms with E-state index in [4.69, 9.17) is 65.0 Å². The topological polar surface area (TPSA) is 138 Å². The largest absolute Gasteiger partial charge is 0.490 e. The Bertz CT molecular complexity index is 1400. The van der Waals surface area contributed by atoms with Crippen LogP contribution in [0.15, 0.2) is 28.7 Å². The Morgan fingerprint density at radius 2 is 1.41 bits per heavy atom. The summed E-state index contributed by atoms with van der Waals surface area (Å²) in [6, 6.07) is 6.36. The molecule has 1 heterocycles. The van der Waals surface area contributed by atoms with Gasteiger partial charge in [-0.1, -0.05) is 53.3 Å². The van der Waals surface area contributed by atoms with Crippen LogP contribution in [0.5, 0.6) is 11.5 Å². The Morgan fingerprint density at radius 3 is 1.89 bits per heavy atom. The Kier molecular flexibility index (Phi) is 13.9. The SMILES string of the molecule is CCOC(=O)c1nc(-c2cc(Cl)c(OCC[C@@H](O)[C@H](O)CCOc3c(Cl)cc(CCC(=O)OC)cc3Cl)c(Cl)c2)oc1CC. The molecule has 2 N–H and O–H groups in total. The second kappa shape index (κ2) is 17.1. The molecule has 0 aliphatic rings. The van der Waals surface area contributed by atoms with Gasteiger partial charge in [-0.3, -0.25) is 4.79 Å². The van der Waals surface area contributed by atoms with Crippen LogP contribution in [0.2, 0.25) is 20.1 Å².